The molecular weight excluding hydrogens is 509 g/mol. The van der Waals surface area contributed by atoms with Crippen LogP contribution in [0.3, 0.4) is 0 Å². The van der Waals surface area contributed by atoms with Crippen molar-refractivity contribution in [1.82, 2.24) is 9.97 Å². The Morgan fingerprint density at radius 3 is 2.73 bits per heavy atom. The molecular formula is C28H29ClFN5OS. The maximum atomic E-state index is 15.0. The Morgan fingerprint density at radius 2 is 1.97 bits per heavy atom. The van der Waals surface area contributed by atoms with Crippen molar-refractivity contribution in [3.8, 4) is 11.1 Å². The minimum atomic E-state index is -1.69. The van der Waals surface area contributed by atoms with Gasteiger partial charge in [-0.1, -0.05) is 36.7 Å². The first-order valence-corrected chi connectivity index (χ1v) is 14.0. The van der Waals surface area contributed by atoms with E-state index < -0.39 is 16.8 Å². The highest BCUT2D eigenvalue weighted by Crippen LogP contribution is 2.31. The van der Waals surface area contributed by atoms with Gasteiger partial charge >= 0.3 is 0 Å². The molecule has 1 heterocycles. The molecule has 0 saturated heterocycles. The molecule has 4 N–H and O–H groups in total. The van der Waals surface area contributed by atoms with Crippen molar-refractivity contribution < 1.29 is 8.60 Å². The van der Waals surface area contributed by atoms with Crippen LogP contribution in [0, 0.1) is 5.82 Å². The summed E-state index contributed by atoms with van der Waals surface area (Å²) in [7, 11) is -1.69. The number of nitrogens with one attached hydrogen (secondary N) is 2. The SMILES string of the molecule is CCc1cc(-c2ccc(NS(=O)c3ccccc3Cl)c(F)c2)cc2cnc(NC3CCC[C@H](N)C3)nc12. The van der Waals surface area contributed by atoms with Crippen molar-refractivity contribution in [2.24, 2.45) is 5.73 Å². The molecule has 0 amide bonds. The van der Waals surface area contributed by atoms with E-state index in [4.69, 9.17) is 22.3 Å². The number of nitrogens with zero attached hydrogens (tertiary/aromatic N) is 2. The van der Waals surface area contributed by atoms with Crippen molar-refractivity contribution >= 4 is 45.1 Å². The lowest BCUT2D eigenvalue weighted by atomic mass is 9.92. The van der Waals surface area contributed by atoms with Crippen molar-refractivity contribution in [2.75, 3.05) is 10.0 Å². The van der Waals surface area contributed by atoms with Crippen LogP contribution in [-0.4, -0.2) is 26.3 Å². The van der Waals surface area contributed by atoms with Crippen molar-refractivity contribution in [1.29, 1.82) is 0 Å². The molecule has 5 rings (SSSR count). The third kappa shape index (κ3) is 5.76. The van der Waals surface area contributed by atoms with Crippen LogP contribution in [0.25, 0.3) is 22.0 Å². The van der Waals surface area contributed by atoms with E-state index in [1.54, 1.807) is 36.4 Å². The van der Waals surface area contributed by atoms with Crippen LogP contribution < -0.4 is 15.8 Å². The molecule has 1 aromatic heterocycles. The number of aromatic nitrogens is 2. The number of nitrogens with two attached hydrogens (primary N) is 1. The normalized spacial score (nSPS) is 18.5. The summed E-state index contributed by atoms with van der Waals surface area (Å²) in [5.74, 6) is 0.111. The topological polar surface area (TPSA) is 92.9 Å². The van der Waals surface area contributed by atoms with Gasteiger partial charge in [0.05, 0.1) is 21.1 Å². The van der Waals surface area contributed by atoms with Gasteiger partial charge < -0.3 is 11.1 Å². The fourth-order valence-electron chi connectivity index (χ4n) is 4.79. The molecule has 37 heavy (non-hydrogen) atoms. The first-order chi connectivity index (χ1) is 17.9. The Morgan fingerprint density at radius 1 is 1.14 bits per heavy atom. The molecule has 0 spiro atoms. The van der Waals surface area contributed by atoms with Gasteiger partial charge in [-0.15, -0.1) is 0 Å². The van der Waals surface area contributed by atoms with Gasteiger partial charge in [-0.05, 0) is 85.2 Å². The van der Waals surface area contributed by atoms with Crippen LogP contribution >= 0.6 is 11.6 Å². The molecule has 0 aliphatic heterocycles. The predicted octanol–water partition coefficient (Wildman–Crippen LogP) is 6.47. The van der Waals surface area contributed by atoms with Crippen molar-refractivity contribution in [3.63, 3.8) is 0 Å². The fraction of sp³-hybridized carbons (Fsp3) is 0.286. The molecule has 192 valence electrons. The van der Waals surface area contributed by atoms with E-state index in [1.807, 2.05) is 18.3 Å². The number of anilines is 2. The molecule has 1 fully saturated rings. The quantitative estimate of drug-likeness (QED) is 0.251. The van der Waals surface area contributed by atoms with E-state index in [0.29, 0.717) is 21.4 Å². The molecule has 2 unspecified atom stereocenters. The van der Waals surface area contributed by atoms with E-state index >= 15 is 4.39 Å². The smallest absolute Gasteiger partial charge is 0.223 e. The van der Waals surface area contributed by atoms with E-state index in [2.05, 4.69) is 21.9 Å². The minimum absolute atomic E-state index is 0.139. The van der Waals surface area contributed by atoms with E-state index in [0.717, 1.165) is 54.1 Å². The first-order valence-electron chi connectivity index (χ1n) is 12.5. The summed E-state index contributed by atoms with van der Waals surface area (Å²) >= 11 is 6.12. The third-order valence-corrected chi connectivity index (χ3v) is 8.33. The van der Waals surface area contributed by atoms with Gasteiger partial charge in [0.1, 0.15) is 5.82 Å². The molecule has 0 bridgehead atoms. The first kappa shape index (κ1) is 25.6. The lowest BCUT2D eigenvalue weighted by Crippen LogP contribution is -2.35. The predicted molar refractivity (Wildman–Crippen MR) is 150 cm³/mol. The monoisotopic (exact) mass is 537 g/mol. The summed E-state index contributed by atoms with van der Waals surface area (Å²) in [6.07, 6.45) is 6.75. The zero-order valence-electron chi connectivity index (χ0n) is 20.5. The number of rotatable bonds is 7. The summed E-state index contributed by atoms with van der Waals surface area (Å²) < 4.78 is 30.4. The Hall–Kier alpha value is -3.07. The van der Waals surface area contributed by atoms with Crippen LogP contribution in [0.1, 0.15) is 38.2 Å². The number of hydrogen-bond acceptors (Lipinski definition) is 5. The second kappa shape index (κ2) is 11.1. The highest BCUT2D eigenvalue weighted by atomic mass is 35.5. The Balaban J connectivity index is 1.39. The standard InChI is InChI=1S/C28H29ClFN5OS/c1-2-17-12-19(13-20-16-32-28(34-27(17)20)33-22-7-5-6-21(31)15-22)18-10-11-25(24(30)14-18)35-37(36)26-9-4-3-8-23(26)29/h3-4,8-14,16,21-22,35H,2,5-7,15,31H2,1H3,(H,32,33,34)/t21-,22?,37?/m0/s1. The van der Waals surface area contributed by atoms with Crippen LogP contribution in [0.2, 0.25) is 5.02 Å². The van der Waals surface area contributed by atoms with Gasteiger partial charge in [-0.2, -0.15) is 0 Å². The summed E-state index contributed by atoms with van der Waals surface area (Å²) in [6, 6.07) is 16.1. The average molecular weight is 538 g/mol. The van der Waals surface area contributed by atoms with Gasteiger partial charge in [0.25, 0.3) is 0 Å². The number of aryl methyl sites for hydroxylation is 1. The lowest BCUT2D eigenvalue weighted by molar-refractivity contribution is 0.408. The van der Waals surface area contributed by atoms with E-state index in [-0.39, 0.29) is 17.8 Å². The van der Waals surface area contributed by atoms with Gasteiger partial charge in [0.15, 0.2) is 11.0 Å². The molecule has 1 saturated carbocycles. The summed E-state index contributed by atoms with van der Waals surface area (Å²) in [5.41, 5.74) is 9.79. The maximum absolute atomic E-state index is 15.0. The van der Waals surface area contributed by atoms with Gasteiger partial charge in [-0.3, -0.25) is 4.72 Å². The molecule has 1 aliphatic carbocycles. The van der Waals surface area contributed by atoms with Crippen LogP contribution in [-0.2, 0) is 17.4 Å². The summed E-state index contributed by atoms with van der Waals surface area (Å²) in [5, 5.41) is 4.70. The number of hydrogen-bond donors (Lipinski definition) is 3. The number of halogens is 2. The molecule has 3 atom stereocenters. The summed E-state index contributed by atoms with van der Waals surface area (Å²) in [4.78, 5) is 9.75. The number of fused-ring (bicyclic) bond motifs is 1. The molecule has 9 heteroatoms. The zero-order chi connectivity index (χ0) is 25.9. The molecule has 1 aliphatic rings. The lowest BCUT2D eigenvalue weighted by Gasteiger charge is -2.27. The van der Waals surface area contributed by atoms with Crippen LogP contribution in [0.4, 0.5) is 16.0 Å². The van der Waals surface area contributed by atoms with Crippen LogP contribution in [0.5, 0.6) is 0 Å². The minimum Gasteiger partial charge on any atom is -0.351 e. The number of benzene rings is 3. The highest BCUT2D eigenvalue weighted by Gasteiger charge is 2.20. The average Bonchev–Trinajstić information content (AvgIpc) is 2.89. The Bertz CT molecular complexity index is 1470. The van der Waals surface area contributed by atoms with E-state index in [9.17, 15) is 4.21 Å². The second-order valence-electron chi connectivity index (χ2n) is 9.38. The fourth-order valence-corrected chi connectivity index (χ4v) is 6.06. The van der Waals surface area contributed by atoms with Crippen molar-refractivity contribution in [3.05, 3.63) is 77.2 Å². The second-order valence-corrected chi connectivity index (χ2v) is 11.0. The van der Waals surface area contributed by atoms with Gasteiger partial charge in [-0.25, -0.2) is 18.6 Å². The summed E-state index contributed by atoms with van der Waals surface area (Å²) in [6.45, 7) is 2.07. The Labute approximate surface area is 223 Å². The third-order valence-electron chi connectivity index (χ3n) is 6.73. The Kier molecular flexibility index (Phi) is 7.69. The van der Waals surface area contributed by atoms with Gasteiger partial charge in [0, 0.05) is 23.7 Å². The van der Waals surface area contributed by atoms with Crippen molar-refractivity contribution in [2.45, 2.75) is 56.0 Å². The molecule has 3 aromatic carbocycles. The van der Waals surface area contributed by atoms with Crippen LogP contribution in [0.15, 0.2) is 65.7 Å². The molecule has 0 radical (unpaired) electrons. The van der Waals surface area contributed by atoms with Gasteiger partial charge in [0.2, 0.25) is 5.95 Å². The zero-order valence-corrected chi connectivity index (χ0v) is 22.1. The molecule has 6 nitrogen and oxygen atoms in total. The largest absolute Gasteiger partial charge is 0.351 e. The van der Waals surface area contributed by atoms with E-state index in [1.165, 1.54) is 6.07 Å². The highest BCUT2D eigenvalue weighted by molar-refractivity contribution is 7.86. The maximum Gasteiger partial charge on any atom is 0.223 e. The molecule has 4 aromatic rings.